The number of rotatable bonds is 2. The molecule has 2 saturated heterocycles. The Labute approximate surface area is 159 Å². The van der Waals surface area contributed by atoms with Gasteiger partial charge in [-0.25, -0.2) is 0 Å². The topological polar surface area (TPSA) is 36.3 Å². The van der Waals surface area contributed by atoms with Gasteiger partial charge in [-0.3, -0.25) is 4.68 Å². The van der Waals surface area contributed by atoms with Crippen molar-refractivity contribution in [2.75, 3.05) is 37.6 Å². The normalized spacial score (nSPS) is 26.7. The van der Waals surface area contributed by atoms with E-state index in [1.807, 2.05) is 18.7 Å². The van der Waals surface area contributed by atoms with Gasteiger partial charge in [0.25, 0.3) is 0 Å². The Hall–Kier alpha value is -1.01. The SMILES string of the molecule is CC.[B]N1CCN(c2nn(C3CC4(CNC4)C3)c(C)c2C)C2(CCC2)C1. The summed E-state index contributed by atoms with van der Waals surface area (Å²) in [4.78, 5) is 4.60. The standard InChI is InChI=1S/C18H28BN5.C2H6/c1-13-14(2)24(15-8-17(9-15)10-20-11-17)21-16(13)23-7-6-22(19)12-18(23)4-3-5-18;1-2/h15,20H,3-12H2,1-2H3;1-2H3. The molecule has 2 saturated carbocycles. The molecule has 2 spiro atoms. The Balaban J connectivity index is 0.000000814. The quantitative estimate of drug-likeness (QED) is 0.828. The summed E-state index contributed by atoms with van der Waals surface area (Å²) in [6, 6.07) is 0.604. The van der Waals surface area contributed by atoms with E-state index in [4.69, 9.17) is 13.1 Å². The second-order valence-electron chi connectivity index (χ2n) is 8.84. The molecule has 6 heteroatoms. The first-order valence-electron chi connectivity index (χ1n) is 10.6. The molecule has 2 aliphatic carbocycles. The van der Waals surface area contributed by atoms with E-state index in [2.05, 4.69) is 28.7 Å². The Kier molecular flexibility index (Phi) is 4.63. The van der Waals surface area contributed by atoms with E-state index < -0.39 is 0 Å². The summed E-state index contributed by atoms with van der Waals surface area (Å²) in [6.07, 6.45) is 6.42. The molecule has 0 atom stereocenters. The van der Waals surface area contributed by atoms with Crippen LogP contribution in [0, 0.1) is 19.3 Å². The van der Waals surface area contributed by atoms with Gasteiger partial charge >= 0.3 is 0 Å². The van der Waals surface area contributed by atoms with Gasteiger partial charge in [0.1, 0.15) is 0 Å². The molecule has 0 aromatic carbocycles. The summed E-state index contributed by atoms with van der Waals surface area (Å²) in [7, 11) is 6.14. The first-order valence-corrected chi connectivity index (χ1v) is 10.6. The maximum absolute atomic E-state index is 6.14. The molecule has 4 fully saturated rings. The third-order valence-electron chi connectivity index (χ3n) is 7.33. The first kappa shape index (κ1) is 18.4. The van der Waals surface area contributed by atoms with Gasteiger partial charge < -0.3 is 15.0 Å². The monoisotopic (exact) mass is 355 g/mol. The summed E-state index contributed by atoms with van der Waals surface area (Å²) in [5.41, 5.74) is 3.57. The second kappa shape index (κ2) is 6.56. The maximum Gasteiger partial charge on any atom is 0.182 e. The molecular weight excluding hydrogens is 321 g/mol. The maximum atomic E-state index is 6.14. The Morgan fingerprint density at radius 1 is 1.12 bits per heavy atom. The van der Waals surface area contributed by atoms with Crippen molar-refractivity contribution < 1.29 is 0 Å². The van der Waals surface area contributed by atoms with Crippen LogP contribution in [0.2, 0.25) is 0 Å². The fourth-order valence-corrected chi connectivity index (χ4v) is 5.43. The molecule has 1 aromatic heterocycles. The summed E-state index contributed by atoms with van der Waals surface area (Å²) in [6.45, 7) is 13.8. The van der Waals surface area contributed by atoms with Crippen LogP contribution in [0.4, 0.5) is 5.82 Å². The van der Waals surface area contributed by atoms with E-state index in [0.29, 0.717) is 11.5 Å². The van der Waals surface area contributed by atoms with Crippen molar-refractivity contribution in [2.24, 2.45) is 5.41 Å². The number of hydrogen-bond acceptors (Lipinski definition) is 4. The number of nitrogens with one attached hydrogen (secondary N) is 1. The molecule has 2 radical (unpaired) electrons. The van der Waals surface area contributed by atoms with Crippen LogP contribution in [0.15, 0.2) is 0 Å². The zero-order valence-corrected chi connectivity index (χ0v) is 17.0. The lowest BCUT2D eigenvalue weighted by Gasteiger charge is -2.56. The van der Waals surface area contributed by atoms with E-state index in [1.54, 1.807) is 0 Å². The zero-order valence-electron chi connectivity index (χ0n) is 17.0. The van der Waals surface area contributed by atoms with Crippen molar-refractivity contribution in [1.82, 2.24) is 19.9 Å². The van der Waals surface area contributed by atoms with Crippen molar-refractivity contribution in [3.63, 3.8) is 0 Å². The van der Waals surface area contributed by atoms with E-state index in [-0.39, 0.29) is 5.54 Å². The number of aromatic nitrogens is 2. The van der Waals surface area contributed by atoms with Crippen LogP contribution in [-0.2, 0) is 0 Å². The van der Waals surface area contributed by atoms with Crippen LogP contribution in [0.5, 0.6) is 0 Å². The average molecular weight is 355 g/mol. The summed E-state index contributed by atoms with van der Waals surface area (Å²) in [5.74, 6) is 1.23. The predicted molar refractivity (Wildman–Crippen MR) is 108 cm³/mol. The van der Waals surface area contributed by atoms with Gasteiger partial charge in [-0.05, 0) is 51.4 Å². The Morgan fingerprint density at radius 2 is 1.81 bits per heavy atom. The van der Waals surface area contributed by atoms with E-state index in [9.17, 15) is 0 Å². The van der Waals surface area contributed by atoms with Gasteiger partial charge in [-0.15, -0.1) is 0 Å². The molecule has 5 rings (SSSR count). The largest absolute Gasteiger partial charge is 0.350 e. The molecule has 0 bridgehead atoms. The molecule has 2 aliphatic heterocycles. The zero-order chi connectivity index (χ0) is 18.5. The van der Waals surface area contributed by atoms with E-state index in [0.717, 1.165) is 19.6 Å². The lowest BCUT2D eigenvalue weighted by atomic mass is 9.61. The van der Waals surface area contributed by atoms with Crippen molar-refractivity contribution in [3.05, 3.63) is 11.3 Å². The fraction of sp³-hybridized carbons (Fsp3) is 0.850. The average Bonchev–Trinajstić information content (AvgIpc) is 2.81. The van der Waals surface area contributed by atoms with Crippen LogP contribution >= 0.6 is 0 Å². The van der Waals surface area contributed by atoms with Crippen LogP contribution in [0.1, 0.15) is 63.3 Å². The number of piperazine rings is 1. The molecule has 1 N–H and O–H groups in total. The highest BCUT2D eigenvalue weighted by Crippen LogP contribution is 2.52. The molecule has 142 valence electrons. The summed E-state index contributed by atoms with van der Waals surface area (Å²) < 4.78 is 2.34. The molecule has 4 aliphatic rings. The van der Waals surface area contributed by atoms with Crippen LogP contribution in [0.3, 0.4) is 0 Å². The number of nitrogens with zero attached hydrogens (tertiary/aromatic N) is 4. The second-order valence-corrected chi connectivity index (χ2v) is 8.84. The summed E-state index contributed by atoms with van der Waals surface area (Å²) in [5, 5.41) is 8.58. The highest BCUT2D eigenvalue weighted by Gasteiger charge is 2.51. The van der Waals surface area contributed by atoms with Gasteiger partial charge in [0.2, 0.25) is 0 Å². The molecule has 1 aromatic rings. The minimum Gasteiger partial charge on any atom is -0.350 e. The first-order chi connectivity index (χ1) is 12.5. The van der Waals surface area contributed by atoms with Gasteiger partial charge in [0.15, 0.2) is 13.8 Å². The minimum atomic E-state index is 0.238. The summed E-state index contributed by atoms with van der Waals surface area (Å²) >= 11 is 0. The molecule has 26 heavy (non-hydrogen) atoms. The van der Waals surface area contributed by atoms with E-state index >= 15 is 0 Å². The van der Waals surface area contributed by atoms with Gasteiger partial charge in [0.05, 0.1) is 11.6 Å². The fourth-order valence-electron chi connectivity index (χ4n) is 5.43. The Bertz CT molecular complexity index is 653. The Morgan fingerprint density at radius 3 is 2.35 bits per heavy atom. The predicted octanol–water partition coefficient (Wildman–Crippen LogP) is 2.58. The van der Waals surface area contributed by atoms with Crippen molar-refractivity contribution in [1.29, 1.82) is 0 Å². The molecule has 0 unspecified atom stereocenters. The lowest BCUT2D eigenvalue weighted by Crippen LogP contribution is -2.65. The molecule has 0 amide bonds. The van der Waals surface area contributed by atoms with E-state index in [1.165, 1.54) is 62.3 Å². The van der Waals surface area contributed by atoms with Crippen LogP contribution < -0.4 is 10.2 Å². The highest BCUT2D eigenvalue weighted by molar-refractivity contribution is 6.04. The molecule has 5 nitrogen and oxygen atoms in total. The van der Waals surface area contributed by atoms with Crippen molar-refractivity contribution in [3.8, 4) is 0 Å². The van der Waals surface area contributed by atoms with Crippen molar-refractivity contribution in [2.45, 2.75) is 71.4 Å². The number of anilines is 1. The minimum absolute atomic E-state index is 0.238. The van der Waals surface area contributed by atoms with Crippen LogP contribution in [0.25, 0.3) is 0 Å². The highest BCUT2D eigenvalue weighted by atomic mass is 15.4. The molecular formula is C20H34BN5. The third-order valence-corrected chi connectivity index (χ3v) is 7.33. The lowest BCUT2D eigenvalue weighted by molar-refractivity contribution is 0.00147. The third kappa shape index (κ3) is 2.63. The smallest absolute Gasteiger partial charge is 0.182 e. The van der Waals surface area contributed by atoms with Crippen molar-refractivity contribution >= 4 is 13.8 Å². The van der Waals surface area contributed by atoms with Gasteiger partial charge in [-0.1, -0.05) is 13.8 Å². The molecule has 3 heterocycles. The van der Waals surface area contributed by atoms with Crippen LogP contribution in [-0.4, -0.2) is 60.8 Å². The number of hydrogen-bond donors (Lipinski definition) is 1. The van der Waals surface area contributed by atoms with Gasteiger partial charge in [0, 0.05) is 44.0 Å². The van der Waals surface area contributed by atoms with Gasteiger partial charge in [-0.2, -0.15) is 5.10 Å².